The highest BCUT2D eigenvalue weighted by Gasteiger charge is 1.96. The minimum Gasteiger partial charge on any atom is -0.274 e. The number of carbonyl (C=O) groups excluding carboxylic acids is 1. The van der Waals surface area contributed by atoms with Crippen LogP contribution in [-0.2, 0) is 0 Å². The van der Waals surface area contributed by atoms with Gasteiger partial charge in [0.15, 0.2) is 0 Å². The van der Waals surface area contributed by atoms with E-state index in [1.807, 2.05) is 35.8 Å². The molecule has 0 aromatic heterocycles. The SMILES string of the molecule is C/C(=N/NC(=O)NN)c1ccccc1. The average Bonchev–Trinajstić information content (AvgIpc) is 2.26. The first kappa shape index (κ1) is 10.2. The number of nitrogens with two attached hydrogens (primary N) is 1. The smallest absolute Gasteiger partial charge is 0.274 e. The number of carbonyl (C=O) groups is 1. The zero-order chi connectivity index (χ0) is 10.4. The van der Waals surface area contributed by atoms with Crippen molar-refractivity contribution in [2.75, 3.05) is 0 Å². The largest absolute Gasteiger partial charge is 0.349 e. The molecular weight excluding hydrogens is 180 g/mol. The minimum absolute atomic E-state index is 0.541. The molecule has 0 unspecified atom stereocenters. The topological polar surface area (TPSA) is 79.5 Å². The Labute approximate surface area is 82.0 Å². The quantitative estimate of drug-likeness (QED) is 0.277. The zero-order valence-corrected chi connectivity index (χ0v) is 7.82. The number of hydrogen-bond donors (Lipinski definition) is 3. The minimum atomic E-state index is -0.541. The van der Waals surface area contributed by atoms with Crippen LogP contribution in [0, 0.1) is 0 Å². The van der Waals surface area contributed by atoms with Crippen molar-refractivity contribution in [3.63, 3.8) is 0 Å². The van der Waals surface area contributed by atoms with Crippen molar-refractivity contribution in [2.45, 2.75) is 6.92 Å². The van der Waals surface area contributed by atoms with Crippen molar-refractivity contribution < 1.29 is 4.79 Å². The summed E-state index contributed by atoms with van der Waals surface area (Å²) in [7, 11) is 0. The molecule has 1 rings (SSSR count). The molecule has 14 heavy (non-hydrogen) atoms. The number of urea groups is 1. The van der Waals surface area contributed by atoms with Crippen LogP contribution < -0.4 is 16.7 Å². The molecular formula is C9H12N4O. The van der Waals surface area contributed by atoms with E-state index in [-0.39, 0.29) is 0 Å². The number of nitrogens with one attached hydrogen (secondary N) is 2. The van der Waals surface area contributed by atoms with E-state index >= 15 is 0 Å². The summed E-state index contributed by atoms with van der Waals surface area (Å²) in [6, 6.07) is 8.98. The van der Waals surface area contributed by atoms with Gasteiger partial charge in [0, 0.05) is 0 Å². The van der Waals surface area contributed by atoms with E-state index in [0.717, 1.165) is 5.56 Å². The van der Waals surface area contributed by atoms with Gasteiger partial charge < -0.3 is 0 Å². The van der Waals surface area contributed by atoms with E-state index in [4.69, 9.17) is 5.84 Å². The van der Waals surface area contributed by atoms with Gasteiger partial charge in [-0.05, 0) is 12.5 Å². The summed E-state index contributed by atoms with van der Waals surface area (Å²) in [6.07, 6.45) is 0. The lowest BCUT2D eigenvalue weighted by Crippen LogP contribution is -2.37. The summed E-state index contributed by atoms with van der Waals surface area (Å²) in [5.74, 6) is 4.87. The Bertz CT molecular complexity index is 334. The number of rotatable bonds is 2. The molecule has 0 fully saturated rings. The highest BCUT2D eigenvalue weighted by molar-refractivity contribution is 5.99. The van der Waals surface area contributed by atoms with Gasteiger partial charge in [-0.15, -0.1) is 0 Å². The molecule has 0 radical (unpaired) electrons. The molecule has 5 heteroatoms. The number of hydrazine groups is 1. The molecule has 0 bridgehead atoms. The van der Waals surface area contributed by atoms with Gasteiger partial charge in [-0.3, -0.25) is 5.43 Å². The molecule has 0 heterocycles. The zero-order valence-electron chi connectivity index (χ0n) is 7.82. The van der Waals surface area contributed by atoms with Crippen LogP contribution in [0.3, 0.4) is 0 Å². The first-order chi connectivity index (χ1) is 6.74. The van der Waals surface area contributed by atoms with Crippen LogP contribution in [0.15, 0.2) is 35.4 Å². The Morgan fingerprint density at radius 1 is 1.36 bits per heavy atom. The molecule has 5 nitrogen and oxygen atoms in total. The second kappa shape index (κ2) is 4.98. The number of amides is 2. The maximum atomic E-state index is 10.7. The summed E-state index contributed by atoms with van der Waals surface area (Å²) >= 11 is 0. The van der Waals surface area contributed by atoms with E-state index in [9.17, 15) is 4.79 Å². The Morgan fingerprint density at radius 3 is 2.57 bits per heavy atom. The van der Waals surface area contributed by atoms with E-state index in [2.05, 4.69) is 10.5 Å². The van der Waals surface area contributed by atoms with Crippen LogP contribution in [0.5, 0.6) is 0 Å². The van der Waals surface area contributed by atoms with Gasteiger partial charge in [0.25, 0.3) is 0 Å². The van der Waals surface area contributed by atoms with Crippen LogP contribution >= 0.6 is 0 Å². The molecule has 0 atom stereocenters. The van der Waals surface area contributed by atoms with Crippen molar-refractivity contribution in [3.8, 4) is 0 Å². The van der Waals surface area contributed by atoms with Gasteiger partial charge in [-0.1, -0.05) is 30.3 Å². The van der Waals surface area contributed by atoms with Crippen molar-refractivity contribution in [2.24, 2.45) is 10.9 Å². The fourth-order valence-electron chi connectivity index (χ4n) is 0.911. The third-order valence-corrected chi connectivity index (χ3v) is 1.65. The van der Waals surface area contributed by atoms with Crippen LogP contribution in [-0.4, -0.2) is 11.7 Å². The summed E-state index contributed by atoms with van der Waals surface area (Å²) in [5.41, 5.74) is 5.82. The molecule has 4 N–H and O–H groups in total. The Kier molecular flexibility index (Phi) is 3.63. The van der Waals surface area contributed by atoms with Gasteiger partial charge in [0.05, 0.1) is 5.71 Å². The molecule has 0 saturated carbocycles. The third kappa shape index (κ3) is 2.87. The van der Waals surface area contributed by atoms with Crippen molar-refractivity contribution >= 4 is 11.7 Å². The number of hydrazone groups is 1. The Hall–Kier alpha value is -1.88. The highest BCUT2D eigenvalue weighted by atomic mass is 16.2. The second-order valence-electron chi connectivity index (χ2n) is 2.65. The lowest BCUT2D eigenvalue weighted by Gasteiger charge is -2.01. The maximum absolute atomic E-state index is 10.7. The number of nitrogens with zero attached hydrogens (tertiary/aromatic N) is 1. The van der Waals surface area contributed by atoms with Crippen molar-refractivity contribution in [1.29, 1.82) is 0 Å². The Morgan fingerprint density at radius 2 is 2.00 bits per heavy atom. The van der Waals surface area contributed by atoms with Crippen LogP contribution in [0.25, 0.3) is 0 Å². The predicted octanol–water partition coefficient (Wildman–Crippen LogP) is 0.583. The van der Waals surface area contributed by atoms with E-state index in [1.165, 1.54) is 0 Å². The fraction of sp³-hybridized carbons (Fsp3) is 0.111. The summed E-state index contributed by atoms with van der Waals surface area (Å²) in [5, 5.41) is 3.84. The van der Waals surface area contributed by atoms with Crippen LogP contribution in [0.2, 0.25) is 0 Å². The lowest BCUT2D eigenvalue weighted by atomic mass is 10.1. The van der Waals surface area contributed by atoms with Crippen LogP contribution in [0.1, 0.15) is 12.5 Å². The molecule has 0 aliphatic rings. The first-order valence-corrected chi connectivity index (χ1v) is 4.10. The van der Waals surface area contributed by atoms with Crippen LogP contribution in [0.4, 0.5) is 4.79 Å². The van der Waals surface area contributed by atoms with Crippen molar-refractivity contribution in [3.05, 3.63) is 35.9 Å². The molecule has 0 spiro atoms. The fourth-order valence-corrected chi connectivity index (χ4v) is 0.911. The molecule has 1 aromatic carbocycles. The summed E-state index contributed by atoms with van der Waals surface area (Å²) in [4.78, 5) is 10.7. The normalized spacial score (nSPS) is 10.9. The Balaban J connectivity index is 2.66. The molecule has 0 aliphatic carbocycles. The van der Waals surface area contributed by atoms with E-state index in [0.29, 0.717) is 5.71 Å². The van der Waals surface area contributed by atoms with Gasteiger partial charge in [0.2, 0.25) is 0 Å². The summed E-state index contributed by atoms with van der Waals surface area (Å²) < 4.78 is 0. The van der Waals surface area contributed by atoms with E-state index < -0.39 is 6.03 Å². The monoisotopic (exact) mass is 192 g/mol. The summed E-state index contributed by atoms with van der Waals surface area (Å²) in [6.45, 7) is 1.80. The molecule has 0 aliphatic heterocycles. The molecule has 74 valence electrons. The average molecular weight is 192 g/mol. The van der Waals surface area contributed by atoms with Gasteiger partial charge in [-0.2, -0.15) is 5.10 Å². The molecule has 2 amide bonds. The van der Waals surface area contributed by atoms with E-state index in [1.54, 1.807) is 6.92 Å². The van der Waals surface area contributed by atoms with Crippen molar-refractivity contribution in [1.82, 2.24) is 10.9 Å². The second-order valence-corrected chi connectivity index (χ2v) is 2.65. The predicted molar refractivity (Wildman–Crippen MR) is 54.5 cm³/mol. The van der Waals surface area contributed by atoms with Gasteiger partial charge >= 0.3 is 6.03 Å². The lowest BCUT2D eigenvalue weighted by molar-refractivity contribution is 0.241. The standard InChI is InChI=1S/C9H12N4O/c1-7(12-13-9(14)11-10)8-5-3-2-4-6-8/h2-6H,10H2,1H3,(H2,11,13,14)/b12-7-. The molecule has 0 saturated heterocycles. The maximum Gasteiger partial charge on any atom is 0.349 e. The number of hydrogen-bond acceptors (Lipinski definition) is 3. The third-order valence-electron chi connectivity index (χ3n) is 1.65. The highest BCUT2D eigenvalue weighted by Crippen LogP contribution is 1.99. The number of benzene rings is 1. The first-order valence-electron chi connectivity index (χ1n) is 4.10. The van der Waals surface area contributed by atoms with Gasteiger partial charge in [-0.25, -0.2) is 16.1 Å². The molecule has 1 aromatic rings. The van der Waals surface area contributed by atoms with Gasteiger partial charge in [0.1, 0.15) is 0 Å².